The van der Waals surface area contributed by atoms with Crippen molar-refractivity contribution >= 4 is 22.9 Å². The molecule has 3 heterocycles. The maximum atomic E-state index is 12.7. The van der Waals surface area contributed by atoms with Gasteiger partial charge in [0, 0.05) is 12.4 Å². The molecule has 1 amide bonds. The van der Waals surface area contributed by atoms with Crippen LogP contribution in [0.2, 0.25) is 0 Å². The molecule has 3 aromatic heterocycles. The quantitative estimate of drug-likeness (QED) is 0.601. The Hall–Kier alpha value is -3.79. The Bertz CT molecular complexity index is 1080. The van der Waals surface area contributed by atoms with E-state index in [1.165, 1.54) is 0 Å². The molecule has 0 fully saturated rings. The number of carbonyl (C=O) groups excluding carboxylic acids is 1. The van der Waals surface area contributed by atoms with E-state index < -0.39 is 5.91 Å². The van der Waals surface area contributed by atoms with Crippen molar-refractivity contribution in [3.05, 3.63) is 65.7 Å². The van der Waals surface area contributed by atoms with E-state index in [0.29, 0.717) is 17.6 Å². The number of hydrogen-bond acceptors (Lipinski definition) is 4. The zero-order valence-corrected chi connectivity index (χ0v) is 13.3. The molecule has 2 N–H and O–H groups in total. The lowest BCUT2D eigenvalue weighted by Gasteiger charge is -2.01. The van der Waals surface area contributed by atoms with Crippen molar-refractivity contribution in [2.24, 2.45) is 0 Å². The fraction of sp³-hybridized carbons (Fsp3) is 0.0556. The van der Waals surface area contributed by atoms with Crippen molar-refractivity contribution in [2.45, 2.75) is 6.92 Å². The fourth-order valence-corrected chi connectivity index (χ4v) is 2.74. The number of nitrogens with zero attached hydrogens (tertiary/aromatic N) is 3. The van der Waals surface area contributed by atoms with Crippen LogP contribution < -0.4 is 5.32 Å². The lowest BCUT2D eigenvalue weighted by Crippen LogP contribution is -2.14. The van der Waals surface area contributed by atoms with Gasteiger partial charge in [-0.05, 0) is 31.2 Å². The predicted molar refractivity (Wildman–Crippen MR) is 91.5 cm³/mol. The Labute approximate surface area is 142 Å². The number of nitrogens with one attached hydrogen (secondary N) is 2. The van der Waals surface area contributed by atoms with E-state index in [1.54, 1.807) is 23.9 Å². The van der Waals surface area contributed by atoms with E-state index >= 15 is 0 Å². The van der Waals surface area contributed by atoms with Gasteiger partial charge in [0.05, 0.1) is 11.0 Å². The fourth-order valence-electron chi connectivity index (χ4n) is 2.74. The van der Waals surface area contributed by atoms with E-state index in [4.69, 9.17) is 4.42 Å². The minimum absolute atomic E-state index is 0.183. The Morgan fingerprint density at radius 1 is 1.28 bits per heavy atom. The first-order valence-corrected chi connectivity index (χ1v) is 7.60. The topological polar surface area (TPSA) is 99.6 Å². The summed E-state index contributed by atoms with van der Waals surface area (Å²) >= 11 is 0. The van der Waals surface area contributed by atoms with Crippen LogP contribution in [0.4, 0.5) is 5.95 Å². The Morgan fingerprint density at radius 2 is 2.04 bits per heavy atom. The molecule has 25 heavy (non-hydrogen) atoms. The zero-order chi connectivity index (χ0) is 17.4. The van der Waals surface area contributed by atoms with Crippen LogP contribution in [-0.2, 0) is 0 Å². The van der Waals surface area contributed by atoms with Crippen molar-refractivity contribution in [1.29, 1.82) is 5.26 Å². The molecule has 0 unspecified atom stereocenters. The van der Waals surface area contributed by atoms with Crippen LogP contribution in [0.1, 0.15) is 21.7 Å². The van der Waals surface area contributed by atoms with Crippen molar-refractivity contribution in [3.8, 4) is 12.0 Å². The number of aromatic amines is 1. The molecule has 0 saturated carbocycles. The molecular formula is C18H13N5O2. The number of aryl methyl sites for hydroxylation is 1. The first kappa shape index (κ1) is 14.8. The zero-order valence-electron chi connectivity index (χ0n) is 13.3. The monoisotopic (exact) mass is 331 g/mol. The average molecular weight is 331 g/mol. The van der Waals surface area contributed by atoms with Crippen molar-refractivity contribution in [3.63, 3.8) is 0 Å². The number of anilines is 1. The van der Waals surface area contributed by atoms with Gasteiger partial charge in [0.25, 0.3) is 5.91 Å². The minimum atomic E-state index is -0.449. The van der Waals surface area contributed by atoms with Gasteiger partial charge in [-0.25, -0.2) is 4.98 Å². The van der Waals surface area contributed by atoms with Gasteiger partial charge in [-0.15, -0.1) is 0 Å². The summed E-state index contributed by atoms with van der Waals surface area (Å²) in [4.78, 5) is 20.0. The van der Waals surface area contributed by atoms with Crippen LogP contribution in [0.3, 0.4) is 0 Å². The van der Waals surface area contributed by atoms with E-state index in [1.807, 2.05) is 36.4 Å². The van der Waals surface area contributed by atoms with Crippen LogP contribution in [0.15, 0.2) is 53.2 Å². The SMILES string of the molecule is Cc1oc(-n2cccc2)c(C#N)c1C(=O)Nc1nc2ccccc2[nH]1. The second-order valence-corrected chi connectivity index (χ2v) is 5.47. The largest absolute Gasteiger partial charge is 0.443 e. The highest BCUT2D eigenvalue weighted by Gasteiger charge is 2.25. The summed E-state index contributed by atoms with van der Waals surface area (Å²) in [5, 5.41) is 12.2. The number of hydrogen-bond donors (Lipinski definition) is 2. The molecule has 0 aliphatic heterocycles. The third kappa shape index (κ3) is 2.46. The molecule has 122 valence electrons. The Morgan fingerprint density at radius 3 is 2.76 bits per heavy atom. The van der Waals surface area contributed by atoms with Crippen LogP contribution in [0.25, 0.3) is 16.9 Å². The summed E-state index contributed by atoms with van der Waals surface area (Å²) in [5.41, 5.74) is 1.94. The van der Waals surface area contributed by atoms with E-state index in [-0.39, 0.29) is 11.1 Å². The molecule has 7 nitrogen and oxygen atoms in total. The average Bonchev–Trinajstić information content (AvgIpc) is 3.31. The first-order chi connectivity index (χ1) is 12.2. The molecule has 0 spiro atoms. The van der Waals surface area contributed by atoms with Crippen molar-refractivity contribution in [2.75, 3.05) is 5.32 Å². The third-order valence-corrected chi connectivity index (χ3v) is 3.86. The minimum Gasteiger partial charge on any atom is -0.443 e. The summed E-state index contributed by atoms with van der Waals surface area (Å²) < 4.78 is 7.30. The number of aromatic nitrogens is 3. The summed E-state index contributed by atoms with van der Waals surface area (Å²) in [5.74, 6) is 0.557. The van der Waals surface area contributed by atoms with Crippen LogP contribution in [0, 0.1) is 18.3 Å². The summed E-state index contributed by atoms with van der Waals surface area (Å²) in [6.45, 7) is 1.65. The Balaban J connectivity index is 1.71. The number of nitriles is 1. The van der Waals surface area contributed by atoms with Gasteiger partial charge in [0.2, 0.25) is 11.8 Å². The molecule has 4 aromatic rings. The number of amides is 1. The lowest BCUT2D eigenvalue weighted by atomic mass is 10.1. The summed E-state index contributed by atoms with van der Waals surface area (Å²) in [6, 6.07) is 13.1. The highest BCUT2D eigenvalue weighted by molar-refractivity contribution is 6.07. The normalized spacial score (nSPS) is 10.7. The summed E-state index contributed by atoms with van der Waals surface area (Å²) in [7, 11) is 0. The molecular weight excluding hydrogens is 318 g/mol. The van der Waals surface area contributed by atoms with Crippen LogP contribution in [0.5, 0.6) is 0 Å². The molecule has 0 aliphatic carbocycles. The van der Waals surface area contributed by atoms with Gasteiger partial charge in [0.1, 0.15) is 23.0 Å². The molecule has 0 atom stereocenters. The number of fused-ring (bicyclic) bond motifs is 1. The highest BCUT2D eigenvalue weighted by Crippen LogP contribution is 2.26. The van der Waals surface area contributed by atoms with Gasteiger partial charge in [0.15, 0.2) is 0 Å². The number of para-hydroxylation sites is 2. The van der Waals surface area contributed by atoms with Gasteiger partial charge in [-0.1, -0.05) is 12.1 Å². The van der Waals surface area contributed by atoms with Crippen molar-refractivity contribution in [1.82, 2.24) is 14.5 Å². The van der Waals surface area contributed by atoms with Crippen molar-refractivity contribution < 1.29 is 9.21 Å². The number of H-pyrrole nitrogens is 1. The smallest absolute Gasteiger partial charge is 0.262 e. The number of furan rings is 1. The highest BCUT2D eigenvalue weighted by atomic mass is 16.4. The molecule has 0 bridgehead atoms. The van der Waals surface area contributed by atoms with E-state index in [2.05, 4.69) is 21.4 Å². The van der Waals surface area contributed by atoms with Gasteiger partial charge in [-0.3, -0.25) is 14.7 Å². The van der Waals surface area contributed by atoms with Gasteiger partial charge >= 0.3 is 0 Å². The molecule has 0 saturated heterocycles. The summed E-state index contributed by atoms with van der Waals surface area (Å²) in [6.07, 6.45) is 3.50. The lowest BCUT2D eigenvalue weighted by molar-refractivity contribution is 0.102. The van der Waals surface area contributed by atoms with Gasteiger partial charge in [-0.2, -0.15) is 5.26 Å². The second-order valence-electron chi connectivity index (χ2n) is 5.47. The maximum Gasteiger partial charge on any atom is 0.262 e. The first-order valence-electron chi connectivity index (χ1n) is 7.60. The molecule has 4 rings (SSSR count). The molecule has 0 aliphatic rings. The Kier molecular flexibility index (Phi) is 3.36. The second kappa shape index (κ2) is 5.69. The molecule has 7 heteroatoms. The number of imidazole rings is 1. The molecule has 0 radical (unpaired) electrons. The van der Waals surface area contributed by atoms with Crippen LogP contribution >= 0.6 is 0 Å². The number of carbonyl (C=O) groups is 1. The number of rotatable bonds is 3. The molecule has 1 aromatic carbocycles. The third-order valence-electron chi connectivity index (χ3n) is 3.86. The van der Waals surface area contributed by atoms with E-state index in [9.17, 15) is 10.1 Å². The number of benzene rings is 1. The van der Waals surface area contributed by atoms with Gasteiger partial charge < -0.3 is 9.40 Å². The van der Waals surface area contributed by atoms with Crippen LogP contribution in [-0.4, -0.2) is 20.4 Å². The standard InChI is InChI=1S/C18H13N5O2/c1-11-15(12(10-19)17(25-11)23-8-4-5-9-23)16(24)22-18-20-13-6-2-3-7-14(13)21-18/h2-9H,1H3,(H2,20,21,22,24). The van der Waals surface area contributed by atoms with E-state index in [0.717, 1.165) is 11.0 Å². The predicted octanol–water partition coefficient (Wildman–Crippen LogP) is 3.38. The maximum absolute atomic E-state index is 12.7.